The van der Waals surface area contributed by atoms with Gasteiger partial charge in [0.1, 0.15) is 6.17 Å². The molecule has 0 aromatic carbocycles. The van der Waals surface area contributed by atoms with E-state index in [-0.39, 0.29) is 18.1 Å². The first-order valence-corrected chi connectivity index (χ1v) is 7.31. The second-order valence-electron chi connectivity index (χ2n) is 4.92. The van der Waals surface area contributed by atoms with Crippen molar-refractivity contribution in [2.24, 2.45) is 0 Å². The van der Waals surface area contributed by atoms with Crippen LogP contribution in [0.1, 0.15) is 25.1 Å². The minimum absolute atomic E-state index is 0.0305. The van der Waals surface area contributed by atoms with Crippen LogP contribution in [0.3, 0.4) is 0 Å². The molecule has 2 rings (SSSR count). The average molecular weight is 267 g/mol. The first-order chi connectivity index (χ1) is 8.63. The van der Waals surface area contributed by atoms with E-state index in [1.54, 1.807) is 11.3 Å². The largest absolute Gasteiger partial charge is 0.320 e. The molecule has 5 heteroatoms. The number of amides is 1. The predicted molar refractivity (Wildman–Crippen MR) is 74.5 cm³/mol. The molecule has 0 radical (unpaired) electrons. The first-order valence-electron chi connectivity index (χ1n) is 6.36. The van der Waals surface area contributed by atoms with Crippen LogP contribution in [0.2, 0.25) is 0 Å². The topological polar surface area (TPSA) is 35.6 Å². The van der Waals surface area contributed by atoms with Gasteiger partial charge in [-0.25, -0.2) is 0 Å². The Balaban J connectivity index is 2.13. The molecule has 1 aromatic heterocycles. The molecule has 1 aliphatic heterocycles. The van der Waals surface area contributed by atoms with Gasteiger partial charge in [-0.1, -0.05) is 6.92 Å². The maximum absolute atomic E-state index is 12.3. The van der Waals surface area contributed by atoms with Crippen LogP contribution in [0.25, 0.3) is 0 Å². The molecule has 0 saturated carbocycles. The van der Waals surface area contributed by atoms with Crippen molar-refractivity contribution >= 4 is 17.2 Å². The Bertz CT molecular complexity index is 391. The molecule has 18 heavy (non-hydrogen) atoms. The molecule has 2 heterocycles. The summed E-state index contributed by atoms with van der Waals surface area (Å²) in [4.78, 5) is 16.4. The highest BCUT2D eigenvalue weighted by Crippen LogP contribution is 2.27. The standard InChI is InChI=1S/C13H21N3OS/c1-4-11-13(17)16(7-6-15(2)3)12(14-11)10-5-8-18-9-10/h5,8-9,11-12,14H,4,6-7H2,1-3H3. The Morgan fingerprint density at radius 3 is 2.83 bits per heavy atom. The number of nitrogens with one attached hydrogen (secondary N) is 1. The first kappa shape index (κ1) is 13.5. The van der Waals surface area contributed by atoms with Crippen LogP contribution < -0.4 is 5.32 Å². The number of hydrogen-bond donors (Lipinski definition) is 1. The molecular weight excluding hydrogens is 246 g/mol. The molecule has 1 saturated heterocycles. The second kappa shape index (κ2) is 5.82. The Morgan fingerprint density at radius 2 is 2.28 bits per heavy atom. The third-order valence-corrected chi connectivity index (χ3v) is 4.01. The fourth-order valence-electron chi connectivity index (χ4n) is 2.23. The van der Waals surface area contributed by atoms with E-state index < -0.39 is 0 Å². The summed E-state index contributed by atoms with van der Waals surface area (Å²) in [6, 6.07) is 2.06. The van der Waals surface area contributed by atoms with Gasteiger partial charge in [-0.05, 0) is 42.9 Å². The molecule has 4 nitrogen and oxygen atoms in total. The van der Waals surface area contributed by atoms with Crippen molar-refractivity contribution in [3.63, 3.8) is 0 Å². The summed E-state index contributed by atoms with van der Waals surface area (Å²) in [6.45, 7) is 3.72. The zero-order valence-electron chi connectivity index (χ0n) is 11.2. The van der Waals surface area contributed by atoms with E-state index in [0.717, 1.165) is 19.5 Å². The summed E-state index contributed by atoms with van der Waals surface area (Å²) >= 11 is 1.67. The lowest BCUT2D eigenvalue weighted by Gasteiger charge is -2.25. The fraction of sp³-hybridized carbons (Fsp3) is 0.615. The lowest BCUT2D eigenvalue weighted by Crippen LogP contribution is -2.36. The lowest BCUT2D eigenvalue weighted by molar-refractivity contribution is -0.130. The fourth-order valence-corrected chi connectivity index (χ4v) is 2.90. The molecule has 1 aromatic rings. The number of carbonyl (C=O) groups excluding carboxylic acids is 1. The number of hydrogen-bond acceptors (Lipinski definition) is 4. The number of carbonyl (C=O) groups is 1. The van der Waals surface area contributed by atoms with Crippen LogP contribution >= 0.6 is 11.3 Å². The number of likely N-dealkylation sites (N-methyl/N-ethyl adjacent to an activating group) is 1. The van der Waals surface area contributed by atoms with Crippen molar-refractivity contribution in [2.45, 2.75) is 25.6 Å². The minimum atomic E-state index is -0.0305. The quantitative estimate of drug-likeness (QED) is 0.878. The summed E-state index contributed by atoms with van der Waals surface area (Å²) in [5.74, 6) is 0.232. The van der Waals surface area contributed by atoms with Gasteiger partial charge < -0.3 is 9.80 Å². The zero-order chi connectivity index (χ0) is 13.1. The van der Waals surface area contributed by atoms with Crippen molar-refractivity contribution < 1.29 is 4.79 Å². The SMILES string of the molecule is CCC1NC(c2ccsc2)N(CCN(C)C)C1=O. The summed E-state index contributed by atoms with van der Waals surface area (Å²) in [5, 5.41) is 7.61. The molecule has 1 amide bonds. The van der Waals surface area contributed by atoms with E-state index in [0.29, 0.717) is 0 Å². The normalized spacial score (nSPS) is 24.2. The van der Waals surface area contributed by atoms with Crippen LogP contribution in [0.4, 0.5) is 0 Å². The van der Waals surface area contributed by atoms with Crippen molar-refractivity contribution in [3.05, 3.63) is 22.4 Å². The van der Waals surface area contributed by atoms with Gasteiger partial charge in [-0.15, -0.1) is 0 Å². The summed E-state index contributed by atoms with van der Waals surface area (Å²) < 4.78 is 0. The molecule has 100 valence electrons. The van der Waals surface area contributed by atoms with E-state index in [1.807, 2.05) is 19.0 Å². The molecule has 0 aliphatic carbocycles. The summed E-state index contributed by atoms with van der Waals surface area (Å²) in [6.07, 6.45) is 0.895. The second-order valence-corrected chi connectivity index (χ2v) is 5.70. The van der Waals surface area contributed by atoms with Crippen LogP contribution in [-0.2, 0) is 4.79 Å². The van der Waals surface area contributed by atoms with Crippen LogP contribution in [0.5, 0.6) is 0 Å². The monoisotopic (exact) mass is 267 g/mol. The van der Waals surface area contributed by atoms with Gasteiger partial charge in [0, 0.05) is 13.1 Å². The Labute approximate surface area is 113 Å². The maximum Gasteiger partial charge on any atom is 0.241 e. The van der Waals surface area contributed by atoms with E-state index in [2.05, 4.69) is 34.0 Å². The highest BCUT2D eigenvalue weighted by atomic mass is 32.1. The lowest BCUT2D eigenvalue weighted by atomic mass is 10.2. The predicted octanol–water partition coefficient (Wildman–Crippen LogP) is 1.52. The van der Waals surface area contributed by atoms with Crippen LogP contribution in [0.15, 0.2) is 16.8 Å². The van der Waals surface area contributed by atoms with E-state index in [1.165, 1.54) is 5.56 Å². The Kier molecular flexibility index (Phi) is 4.37. The van der Waals surface area contributed by atoms with Gasteiger partial charge >= 0.3 is 0 Å². The van der Waals surface area contributed by atoms with Gasteiger partial charge in [0.05, 0.1) is 6.04 Å². The Hall–Kier alpha value is -0.910. The van der Waals surface area contributed by atoms with Crippen molar-refractivity contribution in [1.82, 2.24) is 15.1 Å². The minimum Gasteiger partial charge on any atom is -0.320 e. The average Bonchev–Trinajstić information content (AvgIpc) is 2.94. The summed E-state index contributed by atoms with van der Waals surface area (Å²) in [7, 11) is 4.07. The molecular formula is C13H21N3OS. The molecule has 1 aliphatic rings. The smallest absolute Gasteiger partial charge is 0.241 e. The number of thiophene rings is 1. The molecule has 1 N–H and O–H groups in total. The third kappa shape index (κ3) is 2.74. The van der Waals surface area contributed by atoms with Gasteiger partial charge in [-0.3, -0.25) is 10.1 Å². The highest BCUT2D eigenvalue weighted by Gasteiger charge is 2.38. The Morgan fingerprint density at radius 1 is 1.50 bits per heavy atom. The van der Waals surface area contributed by atoms with Crippen molar-refractivity contribution in [3.8, 4) is 0 Å². The van der Waals surface area contributed by atoms with Crippen LogP contribution in [0, 0.1) is 0 Å². The van der Waals surface area contributed by atoms with Crippen molar-refractivity contribution in [1.29, 1.82) is 0 Å². The molecule has 2 unspecified atom stereocenters. The maximum atomic E-state index is 12.3. The molecule has 0 spiro atoms. The number of rotatable bonds is 5. The molecule has 0 bridgehead atoms. The van der Waals surface area contributed by atoms with E-state index in [9.17, 15) is 4.79 Å². The zero-order valence-corrected chi connectivity index (χ0v) is 12.0. The molecule has 1 fully saturated rings. The number of nitrogens with zero attached hydrogens (tertiary/aromatic N) is 2. The van der Waals surface area contributed by atoms with E-state index >= 15 is 0 Å². The summed E-state index contributed by atoms with van der Waals surface area (Å²) in [5.41, 5.74) is 1.20. The van der Waals surface area contributed by atoms with E-state index in [4.69, 9.17) is 0 Å². The molecule has 2 atom stereocenters. The van der Waals surface area contributed by atoms with Gasteiger partial charge in [0.25, 0.3) is 0 Å². The van der Waals surface area contributed by atoms with Gasteiger partial charge in [-0.2, -0.15) is 11.3 Å². The van der Waals surface area contributed by atoms with Crippen molar-refractivity contribution in [2.75, 3.05) is 27.2 Å². The van der Waals surface area contributed by atoms with Gasteiger partial charge in [0.2, 0.25) is 5.91 Å². The van der Waals surface area contributed by atoms with Gasteiger partial charge in [0.15, 0.2) is 0 Å². The highest BCUT2D eigenvalue weighted by molar-refractivity contribution is 7.07. The third-order valence-electron chi connectivity index (χ3n) is 3.31. The van der Waals surface area contributed by atoms with Crippen LogP contribution in [-0.4, -0.2) is 48.9 Å².